The predicted octanol–water partition coefficient (Wildman–Crippen LogP) is 2.42. The minimum atomic E-state index is 0.00600. The van der Waals surface area contributed by atoms with Crippen LogP contribution >= 0.6 is 0 Å². The van der Waals surface area contributed by atoms with Crippen LogP contribution in [0.1, 0.15) is 46.2 Å². The van der Waals surface area contributed by atoms with E-state index < -0.39 is 0 Å². The summed E-state index contributed by atoms with van der Waals surface area (Å²) in [6.45, 7) is 4.03. The van der Waals surface area contributed by atoms with Crippen molar-refractivity contribution in [2.75, 3.05) is 19.6 Å². The van der Waals surface area contributed by atoms with E-state index in [1.807, 2.05) is 22.8 Å². The van der Waals surface area contributed by atoms with Crippen molar-refractivity contribution in [3.8, 4) is 0 Å². The van der Waals surface area contributed by atoms with Gasteiger partial charge in [0.25, 0.3) is 11.8 Å². The summed E-state index contributed by atoms with van der Waals surface area (Å²) in [6.07, 6.45) is 7.80. The average molecular weight is 364 g/mol. The Hall–Kier alpha value is -2.76. The van der Waals surface area contributed by atoms with Gasteiger partial charge in [-0.25, -0.2) is 0 Å². The van der Waals surface area contributed by atoms with Gasteiger partial charge in [-0.2, -0.15) is 0 Å². The predicted molar refractivity (Wildman–Crippen MR) is 101 cm³/mol. The molecule has 0 unspecified atom stereocenters. The van der Waals surface area contributed by atoms with Gasteiger partial charge in [-0.05, 0) is 49.4 Å². The summed E-state index contributed by atoms with van der Waals surface area (Å²) in [5.41, 5.74) is 2.23. The van der Waals surface area contributed by atoms with Crippen LogP contribution in [-0.4, -0.2) is 57.3 Å². The van der Waals surface area contributed by atoms with Crippen molar-refractivity contribution >= 4 is 11.8 Å². The first-order chi connectivity index (χ1) is 13.2. The first-order valence-electron chi connectivity index (χ1n) is 9.61. The molecule has 0 aromatic carbocycles. The van der Waals surface area contributed by atoms with Crippen LogP contribution in [0.15, 0.2) is 42.9 Å². The van der Waals surface area contributed by atoms with Gasteiger partial charge >= 0.3 is 0 Å². The van der Waals surface area contributed by atoms with E-state index in [9.17, 15) is 9.59 Å². The Balaban J connectivity index is 1.54. The number of aryl methyl sites for hydroxylation is 1. The zero-order chi connectivity index (χ0) is 18.8. The normalized spacial score (nSPS) is 21.8. The van der Waals surface area contributed by atoms with Crippen LogP contribution in [0.3, 0.4) is 0 Å². The fourth-order valence-corrected chi connectivity index (χ4v) is 4.14. The lowest BCUT2D eigenvalue weighted by molar-refractivity contribution is 0.0574. The topological polar surface area (TPSA) is 66.4 Å². The summed E-state index contributed by atoms with van der Waals surface area (Å²) in [7, 11) is 0. The number of piperidine rings is 1. The molecular weight excluding hydrogens is 340 g/mol. The van der Waals surface area contributed by atoms with Gasteiger partial charge in [0.15, 0.2) is 0 Å². The Bertz CT molecular complexity index is 839. The van der Waals surface area contributed by atoms with E-state index in [0.717, 1.165) is 25.0 Å². The second kappa shape index (κ2) is 7.47. The van der Waals surface area contributed by atoms with Crippen LogP contribution in [0.25, 0.3) is 0 Å². The van der Waals surface area contributed by atoms with Crippen molar-refractivity contribution in [2.24, 2.45) is 5.92 Å². The van der Waals surface area contributed by atoms with E-state index in [1.165, 1.54) is 0 Å². The molecule has 2 aromatic rings. The molecule has 27 heavy (non-hydrogen) atoms. The molecule has 2 atom stereocenters. The van der Waals surface area contributed by atoms with E-state index in [2.05, 4.69) is 9.97 Å². The first kappa shape index (κ1) is 17.6. The Kier molecular flexibility index (Phi) is 4.88. The number of carbonyl (C=O) groups excluding carboxylic acids is 2. The van der Waals surface area contributed by atoms with Crippen molar-refractivity contribution in [1.82, 2.24) is 19.8 Å². The zero-order valence-electron chi connectivity index (χ0n) is 15.5. The number of pyridine rings is 2. The molecule has 3 aliphatic heterocycles. The highest BCUT2D eigenvalue weighted by atomic mass is 16.2. The van der Waals surface area contributed by atoms with E-state index in [0.29, 0.717) is 36.7 Å². The Morgan fingerprint density at radius 2 is 1.96 bits per heavy atom. The van der Waals surface area contributed by atoms with Crippen LogP contribution in [0.4, 0.5) is 0 Å². The molecule has 6 nitrogen and oxygen atoms in total. The molecule has 0 radical (unpaired) electrons. The van der Waals surface area contributed by atoms with E-state index in [1.54, 1.807) is 36.8 Å². The lowest BCUT2D eigenvalue weighted by Gasteiger charge is -2.36. The number of nitrogens with zero attached hydrogens (tertiary/aromatic N) is 4. The second-order valence-electron chi connectivity index (χ2n) is 7.40. The molecule has 3 fully saturated rings. The number of carbonyl (C=O) groups is 2. The summed E-state index contributed by atoms with van der Waals surface area (Å²) in [5, 5.41) is 0. The molecule has 0 saturated carbocycles. The van der Waals surface area contributed by atoms with Crippen molar-refractivity contribution in [3.05, 3.63) is 59.7 Å². The smallest absolute Gasteiger partial charge is 0.255 e. The SMILES string of the molecule is CCc1cc(C(=O)N2C[C@H]3CC[C@@H]2CN(C(=O)c2cccnc2)C3)ccn1. The highest BCUT2D eigenvalue weighted by Gasteiger charge is 2.39. The molecule has 5 heterocycles. The summed E-state index contributed by atoms with van der Waals surface area (Å²) in [5.74, 6) is 0.379. The maximum Gasteiger partial charge on any atom is 0.255 e. The van der Waals surface area contributed by atoms with Crippen molar-refractivity contribution in [3.63, 3.8) is 0 Å². The number of hydrogen-bond donors (Lipinski definition) is 0. The summed E-state index contributed by atoms with van der Waals surface area (Å²) < 4.78 is 0. The molecule has 2 amide bonds. The Morgan fingerprint density at radius 1 is 1.07 bits per heavy atom. The average Bonchev–Trinajstić information content (AvgIpc) is 3.05. The number of amides is 2. The van der Waals surface area contributed by atoms with Gasteiger partial charge in [0.2, 0.25) is 0 Å². The Labute approximate surface area is 159 Å². The van der Waals surface area contributed by atoms with Crippen LogP contribution in [0.5, 0.6) is 0 Å². The van der Waals surface area contributed by atoms with E-state index in [4.69, 9.17) is 0 Å². The molecule has 3 aliphatic rings. The molecule has 5 rings (SSSR count). The third-order valence-electron chi connectivity index (χ3n) is 5.60. The third kappa shape index (κ3) is 3.56. The zero-order valence-corrected chi connectivity index (χ0v) is 15.5. The van der Waals surface area contributed by atoms with Crippen LogP contribution < -0.4 is 0 Å². The quantitative estimate of drug-likeness (QED) is 0.839. The fourth-order valence-electron chi connectivity index (χ4n) is 4.14. The largest absolute Gasteiger partial charge is 0.336 e. The van der Waals surface area contributed by atoms with Crippen LogP contribution in [0.2, 0.25) is 0 Å². The molecular formula is C21H24N4O2. The van der Waals surface area contributed by atoms with E-state index >= 15 is 0 Å². The highest BCUT2D eigenvalue weighted by molar-refractivity contribution is 5.95. The number of aromatic nitrogens is 2. The minimum Gasteiger partial charge on any atom is -0.336 e. The van der Waals surface area contributed by atoms with Gasteiger partial charge < -0.3 is 9.80 Å². The van der Waals surface area contributed by atoms with Gasteiger partial charge in [-0.3, -0.25) is 19.6 Å². The van der Waals surface area contributed by atoms with Crippen molar-refractivity contribution in [1.29, 1.82) is 0 Å². The number of rotatable bonds is 3. The van der Waals surface area contributed by atoms with Crippen molar-refractivity contribution in [2.45, 2.75) is 32.2 Å². The maximum atomic E-state index is 13.1. The van der Waals surface area contributed by atoms with Gasteiger partial charge in [0, 0.05) is 55.5 Å². The Morgan fingerprint density at radius 3 is 2.74 bits per heavy atom. The minimum absolute atomic E-state index is 0.00600. The molecule has 2 aromatic heterocycles. The summed E-state index contributed by atoms with van der Waals surface area (Å²) in [6, 6.07) is 7.33. The molecule has 2 bridgehead atoms. The molecule has 6 heteroatoms. The lowest BCUT2D eigenvalue weighted by Crippen LogP contribution is -2.47. The molecule has 0 aliphatic carbocycles. The number of fused-ring (bicyclic) bond motifs is 4. The molecule has 0 N–H and O–H groups in total. The van der Waals surface area contributed by atoms with Gasteiger partial charge in [-0.1, -0.05) is 6.92 Å². The van der Waals surface area contributed by atoms with Gasteiger partial charge in [0.1, 0.15) is 0 Å². The highest BCUT2D eigenvalue weighted by Crippen LogP contribution is 2.30. The molecule has 140 valence electrons. The monoisotopic (exact) mass is 364 g/mol. The fraction of sp³-hybridized carbons (Fsp3) is 0.429. The van der Waals surface area contributed by atoms with Gasteiger partial charge in [-0.15, -0.1) is 0 Å². The second-order valence-corrected chi connectivity index (χ2v) is 7.40. The summed E-state index contributed by atoms with van der Waals surface area (Å²) >= 11 is 0. The lowest BCUT2D eigenvalue weighted by atomic mass is 9.94. The third-order valence-corrected chi connectivity index (χ3v) is 5.60. The van der Waals surface area contributed by atoms with Crippen LogP contribution in [0, 0.1) is 5.92 Å². The standard InChI is InChI=1S/C21H24N4O2/c1-2-18-10-16(7-9-23-18)21(27)25-13-15-5-6-19(25)14-24(12-15)20(26)17-4-3-8-22-11-17/h3-4,7-11,15,19H,2,5-6,12-14H2,1H3/t15-,19+/m0/s1. The first-order valence-corrected chi connectivity index (χ1v) is 9.61. The summed E-state index contributed by atoms with van der Waals surface area (Å²) in [4.78, 5) is 38.2. The van der Waals surface area contributed by atoms with Gasteiger partial charge in [0.05, 0.1) is 5.56 Å². The number of hydrogen-bond acceptors (Lipinski definition) is 4. The maximum absolute atomic E-state index is 13.1. The molecule has 3 saturated heterocycles. The van der Waals surface area contributed by atoms with Crippen LogP contribution in [-0.2, 0) is 6.42 Å². The molecule has 0 spiro atoms. The van der Waals surface area contributed by atoms with E-state index in [-0.39, 0.29) is 17.9 Å². The van der Waals surface area contributed by atoms with Crippen molar-refractivity contribution < 1.29 is 9.59 Å².